The third-order valence-corrected chi connectivity index (χ3v) is 7.43. The van der Waals surface area contributed by atoms with Gasteiger partial charge in [-0.05, 0) is 55.3 Å². The number of hydrogen-bond donors (Lipinski definition) is 2. The van der Waals surface area contributed by atoms with Crippen molar-refractivity contribution in [2.75, 3.05) is 43.4 Å². The average molecular weight is 547 g/mol. The van der Waals surface area contributed by atoms with Gasteiger partial charge in [0.25, 0.3) is 11.8 Å². The lowest BCUT2D eigenvalue weighted by molar-refractivity contribution is -0.142. The Hall–Kier alpha value is -4.02. The number of nitrogens with one attached hydrogen (secondary N) is 2. The number of nitrogens with zero attached hydrogens (tertiary/aromatic N) is 4. The fourth-order valence-electron chi connectivity index (χ4n) is 5.14. The molecule has 0 spiro atoms. The van der Waals surface area contributed by atoms with Crippen LogP contribution in [0.1, 0.15) is 28.8 Å². The van der Waals surface area contributed by atoms with E-state index in [4.69, 9.17) is 16.3 Å². The molecule has 39 heavy (non-hydrogen) atoms. The second-order valence-electron chi connectivity index (χ2n) is 9.80. The molecule has 0 aliphatic carbocycles. The molecular weight excluding hydrogens is 520 g/mol. The number of carbonyl (C=O) groups excluding carboxylic acids is 3. The normalized spacial score (nSPS) is 18.6. The SMILES string of the molecule is O=C1Cc2cnc(Nc3ccc(C(=O)N4CCN(C(=O)C5CCCO5)CC4)cc3)nc2-c2ccc(Cl)cc2N1. The summed E-state index contributed by atoms with van der Waals surface area (Å²) in [5, 5.41) is 6.58. The van der Waals surface area contributed by atoms with E-state index in [-0.39, 0.29) is 30.2 Å². The summed E-state index contributed by atoms with van der Waals surface area (Å²) >= 11 is 6.13. The van der Waals surface area contributed by atoms with Crippen molar-refractivity contribution in [3.8, 4) is 11.3 Å². The molecule has 1 atom stereocenters. The van der Waals surface area contributed by atoms with Crippen molar-refractivity contribution in [3.63, 3.8) is 0 Å². The first-order chi connectivity index (χ1) is 18.9. The average Bonchev–Trinajstić information content (AvgIpc) is 3.45. The quantitative estimate of drug-likeness (QED) is 0.514. The van der Waals surface area contributed by atoms with Crippen molar-refractivity contribution in [1.29, 1.82) is 0 Å². The molecule has 1 aromatic heterocycles. The Morgan fingerprint density at radius 3 is 2.56 bits per heavy atom. The van der Waals surface area contributed by atoms with E-state index in [0.29, 0.717) is 60.7 Å². The van der Waals surface area contributed by atoms with Gasteiger partial charge in [-0.2, -0.15) is 0 Å². The van der Waals surface area contributed by atoms with Gasteiger partial charge in [0, 0.05) is 66.4 Å². The van der Waals surface area contributed by atoms with Crippen molar-refractivity contribution < 1.29 is 19.1 Å². The molecular formula is C28H27ClN6O4. The second kappa shape index (κ2) is 10.6. The Kier molecular flexibility index (Phi) is 6.88. The number of rotatable bonds is 4. The number of fused-ring (bicyclic) bond motifs is 3. The number of ether oxygens (including phenoxy) is 1. The first kappa shape index (κ1) is 25.3. The number of piperazine rings is 1. The van der Waals surface area contributed by atoms with Crippen LogP contribution in [0.5, 0.6) is 0 Å². The van der Waals surface area contributed by atoms with Gasteiger partial charge in [-0.3, -0.25) is 14.4 Å². The Bertz CT molecular complexity index is 1430. The minimum atomic E-state index is -0.330. The highest BCUT2D eigenvalue weighted by molar-refractivity contribution is 6.31. The Labute approximate surface area is 230 Å². The van der Waals surface area contributed by atoms with Crippen LogP contribution in [0, 0.1) is 0 Å². The first-order valence-electron chi connectivity index (χ1n) is 13.0. The lowest BCUT2D eigenvalue weighted by atomic mass is 10.1. The van der Waals surface area contributed by atoms with Crippen LogP contribution in [0.3, 0.4) is 0 Å². The van der Waals surface area contributed by atoms with E-state index in [1.807, 2.05) is 6.07 Å². The summed E-state index contributed by atoms with van der Waals surface area (Å²) in [5.41, 5.74) is 4.04. The molecule has 1 unspecified atom stereocenters. The molecule has 3 aliphatic heterocycles. The van der Waals surface area contributed by atoms with E-state index in [0.717, 1.165) is 29.7 Å². The van der Waals surface area contributed by atoms with Crippen LogP contribution in [-0.4, -0.2) is 76.4 Å². The summed E-state index contributed by atoms with van der Waals surface area (Å²) in [6, 6.07) is 12.4. The largest absolute Gasteiger partial charge is 0.368 e. The fraction of sp³-hybridized carbons (Fsp3) is 0.321. The summed E-state index contributed by atoms with van der Waals surface area (Å²) in [5.74, 6) is 0.178. The molecule has 200 valence electrons. The van der Waals surface area contributed by atoms with Gasteiger partial charge in [-0.1, -0.05) is 11.6 Å². The molecule has 2 aromatic carbocycles. The molecule has 3 amide bonds. The number of benzene rings is 2. The summed E-state index contributed by atoms with van der Waals surface area (Å²) in [4.78, 5) is 50.6. The zero-order chi connectivity index (χ0) is 26.9. The van der Waals surface area contributed by atoms with E-state index in [2.05, 4.69) is 20.6 Å². The van der Waals surface area contributed by atoms with Gasteiger partial charge in [-0.15, -0.1) is 0 Å². The van der Waals surface area contributed by atoms with E-state index in [1.54, 1.807) is 52.4 Å². The summed E-state index contributed by atoms with van der Waals surface area (Å²) in [7, 11) is 0. The fourth-order valence-corrected chi connectivity index (χ4v) is 5.31. The first-order valence-corrected chi connectivity index (χ1v) is 13.3. The topological polar surface area (TPSA) is 117 Å². The third kappa shape index (κ3) is 5.30. The lowest BCUT2D eigenvalue weighted by Crippen LogP contribution is -2.52. The van der Waals surface area contributed by atoms with Gasteiger partial charge in [0.2, 0.25) is 11.9 Å². The minimum absolute atomic E-state index is 0.0326. The van der Waals surface area contributed by atoms with E-state index in [1.165, 1.54) is 0 Å². The van der Waals surface area contributed by atoms with E-state index >= 15 is 0 Å². The number of carbonyl (C=O) groups is 3. The van der Waals surface area contributed by atoms with E-state index in [9.17, 15) is 14.4 Å². The summed E-state index contributed by atoms with van der Waals surface area (Å²) in [6.45, 7) is 2.64. The van der Waals surface area contributed by atoms with Crippen molar-refractivity contribution >= 4 is 46.6 Å². The smallest absolute Gasteiger partial charge is 0.253 e. The number of aromatic nitrogens is 2. The maximum absolute atomic E-state index is 13.1. The van der Waals surface area contributed by atoms with Gasteiger partial charge in [-0.25, -0.2) is 9.97 Å². The molecule has 0 saturated carbocycles. The Morgan fingerprint density at radius 2 is 1.82 bits per heavy atom. The van der Waals surface area contributed by atoms with Crippen LogP contribution in [0.25, 0.3) is 11.3 Å². The maximum Gasteiger partial charge on any atom is 0.253 e. The third-order valence-electron chi connectivity index (χ3n) is 7.20. The number of hydrogen-bond acceptors (Lipinski definition) is 7. The Morgan fingerprint density at radius 1 is 1.05 bits per heavy atom. The van der Waals surface area contributed by atoms with Crippen molar-refractivity contribution in [3.05, 3.63) is 64.8 Å². The minimum Gasteiger partial charge on any atom is -0.368 e. The highest BCUT2D eigenvalue weighted by Gasteiger charge is 2.31. The zero-order valence-corrected chi connectivity index (χ0v) is 21.9. The van der Waals surface area contributed by atoms with Gasteiger partial charge in [0.1, 0.15) is 6.10 Å². The lowest BCUT2D eigenvalue weighted by Gasteiger charge is -2.35. The predicted octanol–water partition coefficient (Wildman–Crippen LogP) is 3.50. The standard InChI is InChI=1S/C28H27ClN6O4/c29-19-5-8-21-22(15-19)32-24(36)14-18-16-30-28(33-25(18)21)31-20-6-3-17(4-7-20)26(37)34-9-11-35(12-10-34)27(38)23-2-1-13-39-23/h3-8,15-16,23H,1-2,9-14H2,(H,32,36)(H,30,31,33). The van der Waals surface area contributed by atoms with Crippen LogP contribution >= 0.6 is 11.6 Å². The van der Waals surface area contributed by atoms with Crippen LogP contribution in [0.2, 0.25) is 5.02 Å². The number of amides is 3. The van der Waals surface area contributed by atoms with Crippen molar-refractivity contribution in [1.82, 2.24) is 19.8 Å². The summed E-state index contributed by atoms with van der Waals surface area (Å²) in [6.07, 6.45) is 3.17. The monoisotopic (exact) mass is 546 g/mol. The van der Waals surface area contributed by atoms with Crippen molar-refractivity contribution in [2.45, 2.75) is 25.4 Å². The Balaban J connectivity index is 1.12. The molecule has 2 saturated heterocycles. The molecule has 3 aliphatic rings. The molecule has 0 radical (unpaired) electrons. The van der Waals surface area contributed by atoms with Crippen molar-refractivity contribution in [2.24, 2.45) is 0 Å². The van der Waals surface area contributed by atoms with Crippen LogP contribution in [0.4, 0.5) is 17.3 Å². The molecule has 11 heteroatoms. The molecule has 3 aromatic rings. The number of anilines is 3. The molecule has 2 N–H and O–H groups in total. The van der Waals surface area contributed by atoms with Gasteiger partial charge >= 0.3 is 0 Å². The molecule has 4 heterocycles. The highest BCUT2D eigenvalue weighted by atomic mass is 35.5. The van der Waals surface area contributed by atoms with Crippen LogP contribution < -0.4 is 10.6 Å². The predicted molar refractivity (Wildman–Crippen MR) is 146 cm³/mol. The van der Waals surface area contributed by atoms with Crippen LogP contribution in [0.15, 0.2) is 48.7 Å². The maximum atomic E-state index is 13.1. The summed E-state index contributed by atoms with van der Waals surface area (Å²) < 4.78 is 5.51. The molecule has 10 nitrogen and oxygen atoms in total. The van der Waals surface area contributed by atoms with Crippen LogP contribution in [-0.2, 0) is 20.7 Å². The zero-order valence-electron chi connectivity index (χ0n) is 21.2. The molecule has 2 fully saturated rings. The van der Waals surface area contributed by atoms with E-state index < -0.39 is 0 Å². The highest BCUT2D eigenvalue weighted by Crippen LogP contribution is 2.35. The van der Waals surface area contributed by atoms with Gasteiger partial charge in [0.05, 0.1) is 17.8 Å². The molecule has 6 rings (SSSR count). The van der Waals surface area contributed by atoms with Gasteiger partial charge < -0.3 is 25.2 Å². The van der Waals surface area contributed by atoms with Gasteiger partial charge in [0.15, 0.2) is 0 Å². The number of halogens is 1. The molecule has 0 bridgehead atoms. The second-order valence-corrected chi connectivity index (χ2v) is 10.2.